The third-order valence-corrected chi connectivity index (χ3v) is 5.68. The quantitative estimate of drug-likeness (QED) is 0.332. The van der Waals surface area contributed by atoms with E-state index in [1.807, 2.05) is 18.2 Å². The molecule has 0 radical (unpaired) electrons. The second-order valence-electron chi connectivity index (χ2n) is 7.48. The Morgan fingerprint density at radius 3 is 2.03 bits per heavy atom. The summed E-state index contributed by atoms with van der Waals surface area (Å²) in [5, 5.41) is 8.32. The molecule has 0 saturated carbocycles. The minimum Gasteiger partial charge on any atom is -0.454 e. The molecule has 6 rings (SSSR count). The zero-order valence-electron chi connectivity index (χ0n) is 16.3. The van der Waals surface area contributed by atoms with E-state index in [4.69, 9.17) is 4.42 Å². The highest BCUT2D eigenvalue weighted by Crippen LogP contribution is 2.38. The fraction of sp³-hybridized carbons (Fsp3) is 0. The van der Waals surface area contributed by atoms with Crippen molar-refractivity contribution in [2.75, 3.05) is 5.32 Å². The molecule has 0 aliphatic carbocycles. The lowest BCUT2D eigenvalue weighted by Crippen LogP contribution is -1.93. The first kappa shape index (κ1) is 16.9. The average molecular weight is 385 g/mol. The number of para-hydroxylation sites is 2. The molecule has 2 nitrogen and oxygen atoms in total. The van der Waals surface area contributed by atoms with Gasteiger partial charge in [0.25, 0.3) is 0 Å². The second-order valence-corrected chi connectivity index (χ2v) is 7.48. The Labute approximate surface area is 174 Å². The minimum atomic E-state index is 0.884. The molecule has 1 N–H and O–H groups in total. The van der Waals surface area contributed by atoms with Gasteiger partial charge in [0.1, 0.15) is 5.58 Å². The first-order chi connectivity index (χ1) is 14.9. The van der Waals surface area contributed by atoms with Crippen LogP contribution in [0.4, 0.5) is 11.4 Å². The van der Waals surface area contributed by atoms with E-state index in [0.29, 0.717) is 0 Å². The Balaban J connectivity index is 1.52. The number of anilines is 2. The zero-order valence-corrected chi connectivity index (χ0v) is 16.3. The maximum Gasteiger partial charge on any atom is 0.158 e. The number of benzene rings is 5. The summed E-state index contributed by atoms with van der Waals surface area (Å²) in [7, 11) is 0. The summed E-state index contributed by atoms with van der Waals surface area (Å²) in [6.45, 7) is 0. The largest absolute Gasteiger partial charge is 0.454 e. The first-order valence-electron chi connectivity index (χ1n) is 10.1. The molecular formula is C28H19NO. The van der Waals surface area contributed by atoms with Gasteiger partial charge in [0.15, 0.2) is 5.58 Å². The maximum atomic E-state index is 6.20. The zero-order chi connectivity index (χ0) is 19.9. The Kier molecular flexibility index (Phi) is 3.82. The molecular weight excluding hydrogens is 366 g/mol. The molecule has 0 aliphatic heterocycles. The molecule has 6 aromatic rings. The Morgan fingerprint density at radius 2 is 1.17 bits per heavy atom. The van der Waals surface area contributed by atoms with Crippen LogP contribution >= 0.6 is 0 Å². The van der Waals surface area contributed by atoms with Crippen LogP contribution in [0.15, 0.2) is 114 Å². The average Bonchev–Trinajstić information content (AvgIpc) is 3.20. The van der Waals surface area contributed by atoms with Crippen molar-refractivity contribution in [2.45, 2.75) is 0 Å². The minimum absolute atomic E-state index is 0.884. The van der Waals surface area contributed by atoms with Crippen molar-refractivity contribution in [2.24, 2.45) is 0 Å². The summed E-state index contributed by atoms with van der Waals surface area (Å²) < 4.78 is 6.20. The van der Waals surface area contributed by atoms with E-state index in [1.54, 1.807) is 0 Å². The second kappa shape index (κ2) is 6.78. The summed E-state index contributed by atoms with van der Waals surface area (Å²) in [4.78, 5) is 0. The molecule has 1 heterocycles. The first-order valence-corrected chi connectivity index (χ1v) is 10.1. The molecule has 0 aliphatic rings. The van der Waals surface area contributed by atoms with Crippen LogP contribution in [0.1, 0.15) is 0 Å². The van der Waals surface area contributed by atoms with E-state index in [1.165, 1.54) is 21.9 Å². The van der Waals surface area contributed by atoms with E-state index < -0.39 is 0 Å². The third-order valence-electron chi connectivity index (χ3n) is 5.68. The van der Waals surface area contributed by atoms with Gasteiger partial charge >= 0.3 is 0 Å². The maximum absolute atomic E-state index is 6.20. The van der Waals surface area contributed by atoms with Gasteiger partial charge in [-0.2, -0.15) is 0 Å². The molecule has 0 spiro atoms. The molecule has 30 heavy (non-hydrogen) atoms. The number of hydrogen-bond donors (Lipinski definition) is 1. The molecule has 1 aromatic heterocycles. The number of fused-ring (bicyclic) bond motifs is 4. The smallest absolute Gasteiger partial charge is 0.158 e. The predicted molar refractivity (Wildman–Crippen MR) is 126 cm³/mol. The van der Waals surface area contributed by atoms with E-state index in [0.717, 1.165) is 33.3 Å². The summed E-state index contributed by atoms with van der Waals surface area (Å²) in [6, 6.07) is 37.9. The SMILES string of the molecule is c1ccc(-c2ccc(Nc3cccc4c3oc3ccccc34)c3ccccc23)cc1. The van der Waals surface area contributed by atoms with Crippen LogP contribution in [0.5, 0.6) is 0 Å². The fourth-order valence-corrected chi connectivity index (χ4v) is 4.27. The molecule has 142 valence electrons. The van der Waals surface area contributed by atoms with Crippen molar-refractivity contribution < 1.29 is 4.42 Å². The number of furan rings is 1. The van der Waals surface area contributed by atoms with E-state index in [2.05, 4.69) is 96.3 Å². The van der Waals surface area contributed by atoms with Crippen LogP contribution in [0, 0.1) is 0 Å². The standard InChI is InChI=1S/C28H19NO/c1-2-9-19(10-3-1)20-17-18-25(22-12-5-4-11-21(20)22)29-26-15-8-14-24-23-13-6-7-16-27(23)30-28(24)26/h1-18,29H. The molecule has 0 saturated heterocycles. The van der Waals surface area contributed by atoms with Gasteiger partial charge in [0.2, 0.25) is 0 Å². The molecule has 5 aromatic carbocycles. The Bertz CT molecular complexity index is 1510. The summed E-state index contributed by atoms with van der Waals surface area (Å²) in [6.07, 6.45) is 0. The molecule has 2 heteroatoms. The van der Waals surface area contributed by atoms with Crippen LogP contribution < -0.4 is 5.32 Å². The summed E-state index contributed by atoms with van der Waals surface area (Å²) in [5.41, 5.74) is 6.29. The van der Waals surface area contributed by atoms with E-state index in [-0.39, 0.29) is 0 Å². The van der Waals surface area contributed by atoms with Gasteiger partial charge in [0, 0.05) is 21.8 Å². The van der Waals surface area contributed by atoms with Crippen molar-refractivity contribution in [3.05, 3.63) is 109 Å². The van der Waals surface area contributed by atoms with Gasteiger partial charge in [-0.1, -0.05) is 91.0 Å². The molecule has 0 fully saturated rings. The number of nitrogens with one attached hydrogen (secondary N) is 1. The normalized spacial score (nSPS) is 11.3. The van der Waals surface area contributed by atoms with Gasteiger partial charge in [-0.05, 0) is 34.7 Å². The van der Waals surface area contributed by atoms with Crippen LogP contribution in [0.25, 0.3) is 43.8 Å². The monoisotopic (exact) mass is 385 g/mol. The van der Waals surface area contributed by atoms with E-state index in [9.17, 15) is 0 Å². The lowest BCUT2D eigenvalue weighted by Gasteiger charge is -2.14. The third kappa shape index (κ3) is 2.66. The molecule has 0 amide bonds. The van der Waals surface area contributed by atoms with Gasteiger partial charge in [0.05, 0.1) is 5.69 Å². The summed E-state index contributed by atoms with van der Waals surface area (Å²) >= 11 is 0. The van der Waals surface area contributed by atoms with Crippen molar-refractivity contribution in [3.63, 3.8) is 0 Å². The summed E-state index contributed by atoms with van der Waals surface area (Å²) in [5.74, 6) is 0. The topological polar surface area (TPSA) is 25.2 Å². The van der Waals surface area contributed by atoms with Crippen molar-refractivity contribution in [3.8, 4) is 11.1 Å². The number of rotatable bonds is 3. The van der Waals surface area contributed by atoms with Crippen molar-refractivity contribution in [1.82, 2.24) is 0 Å². The van der Waals surface area contributed by atoms with Gasteiger partial charge < -0.3 is 9.73 Å². The highest BCUT2D eigenvalue weighted by atomic mass is 16.3. The van der Waals surface area contributed by atoms with Crippen LogP contribution in [0.2, 0.25) is 0 Å². The van der Waals surface area contributed by atoms with Crippen molar-refractivity contribution >= 4 is 44.1 Å². The van der Waals surface area contributed by atoms with Crippen LogP contribution in [-0.4, -0.2) is 0 Å². The molecule has 0 atom stereocenters. The fourth-order valence-electron chi connectivity index (χ4n) is 4.27. The highest BCUT2D eigenvalue weighted by Gasteiger charge is 2.12. The van der Waals surface area contributed by atoms with Crippen LogP contribution in [0.3, 0.4) is 0 Å². The Morgan fingerprint density at radius 1 is 0.467 bits per heavy atom. The molecule has 0 unspecified atom stereocenters. The van der Waals surface area contributed by atoms with Gasteiger partial charge in [-0.15, -0.1) is 0 Å². The van der Waals surface area contributed by atoms with E-state index >= 15 is 0 Å². The van der Waals surface area contributed by atoms with Gasteiger partial charge in [-0.3, -0.25) is 0 Å². The van der Waals surface area contributed by atoms with Crippen LogP contribution in [-0.2, 0) is 0 Å². The van der Waals surface area contributed by atoms with Gasteiger partial charge in [-0.25, -0.2) is 0 Å². The molecule has 0 bridgehead atoms. The lowest BCUT2D eigenvalue weighted by atomic mass is 9.97. The lowest BCUT2D eigenvalue weighted by molar-refractivity contribution is 0.670. The Hall–Kier alpha value is -4.04. The predicted octanol–water partition coefficient (Wildman–Crippen LogP) is 8.15. The van der Waals surface area contributed by atoms with Crippen molar-refractivity contribution in [1.29, 1.82) is 0 Å². The highest BCUT2D eigenvalue weighted by molar-refractivity contribution is 6.10. The number of hydrogen-bond acceptors (Lipinski definition) is 2.